The number of nitrogens with one attached hydrogen (secondary N) is 1. The molecule has 2 fully saturated rings. The van der Waals surface area contributed by atoms with E-state index in [2.05, 4.69) is 5.32 Å². The summed E-state index contributed by atoms with van der Waals surface area (Å²) in [7, 11) is 0. The van der Waals surface area contributed by atoms with E-state index < -0.39 is 36.6 Å². The minimum atomic E-state index is -5.08. The first-order chi connectivity index (χ1) is 10.9. The van der Waals surface area contributed by atoms with E-state index in [0.29, 0.717) is 19.6 Å². The molecule has 13 heteroatoms. The van der Waals surface area contributed by atoms with Gasteiger partial charge in [0.15, 0.2) is 0 Å². The van der Waals surface area contributed by atoms with Crippen LogP contribution >= 0.6 is 0 Å². The Morgan fingerprint density at radius 1 is 1.17 bits per heavy atom. The third-order valence-electron chi connectivity index (χ3n) is 3.24. The Hall–Kier alpha value is -2.18. The Labute approximate surface area is 131 Å². The first-order valence-corrected chi connectivity index (χ1v) is 6.54. The second-order valence-corrected chi connectivity index (χ2v) is 5.03. The molecule has 0 radical (unpaired) electrons. The number of carbonyl (C=O) groups excluding carboxylic acids is 1. The second kappa shape index (κ2) is 7.15. The van der Waals surface area contributed by atoms with E-state index >= 15 is 0 Å². The highest BCUT2D eigenvalue weighted by atomic mass is 19.4. The summed E-state index contributed by atoms with van der Waals surface area (Å²) in [6.45, 7) is 0.744. The molecule has 2 aliphatic rings. The second-order valence-electron chi connectivity index (χ2n) is 5.03. The first-order valence-electron chi connectivity index (χ1n) is 6.54. The van der Waals surface area contributed by atoms with Crippen molar-refractivity contribution in [1.29, 1.82) is 0 Å². The average Bonchev–Trinajstić information content (AvgIpc) is 2.75. The quantitative estimate of drug-likeness (QED) is 0.611. The minimum absolute atomic E-state index is 0.138. The molecular weight excluding hydrogens is 349 g/mol. The summed E-state index contributed by atoms with van der Waals surface area (Å²) in [6.07, 6.45) is -5.08. The average molecular weight is 363 g/mol. The van der Waals surface area contributed by atoms with Gasteiger partial charge in [-0.2, -0.15) is 22.0 Å². The van der Waals surface area contributed by atoms with Crippen LogP contribution in [0.5, 0.6) is 0 Å². The van der Waals surface area contributed by atoms with Gasteiger partial charge in [-0.15, -0.1) is 0 Å². The van der Waals surface area contributed by atoms with E-state index in [0.717, 1.165) is 4.90 Å². The number of alkyl halides is 5. The van der Waals surface area contributed by atoms with Crippen molar-refractivity contribution in [2.24, 2.45) is 0 Å². The van der Waals surface area contributed by atoms with Crippen molar-refractivity contribution in [1.82, 2.24) is 15.1 Å². The fourth-order valence-corrected chi connectivity index (χ4v) is 2.13. The van der Waals surface area contributed by atoms with Crippen LogP contribution in [0.1, 0.15) is 0 Å². The number of urea groups is 1. The number of amides is 2. The van der Waals surface area contributed by atoms with Crippen LogP contribution in [0.3, 0.4) is 0 Å². The van der Waals surface area contributed by atoms with E-state index in [1.54, 1.807) is 0 Å². The first kappa shape index (κ1) is 19.9. The number of rotatable bonds is 3. The fourth-order valence-electron chi connectivity index (χ4n) is 2.13. The number of carboxylic acids is 2. The van der Waals surface area contributed by atoms with Crippen LogP contribution in [0.2, 0.25) is 0 Å². The molecule has 0 aliphatic carbocycles. The molecular formula is C11H14F5N3O5. The van der Waals surface area contributed by atoms with Crippen molar-refractivity contribution in [2.45, 2.75) is 18.1 Å². The third-order valence-corrected chi connectivity index (χ3v) is 3.24. The number of piperazine rings is 1. The SMILES string of the molecule is O=C(O)C(F)(F)F.O=C1N(CC(F)(F)C(=O)O)C[C@@H]2CNCCN12. The van der Waals surface area contributed by atoms with Gasteiger partial charge < -0.3 is 25.3 Å². The Kier molecular flexibility index (Phi) is 5.92. The summed E-state index contributed by atoms with van der Waals surface area (Å²) in [5.74, 6) is -8.85. The van der Waals surface area contributed by atoms with Gasteiger partial charge in [0.1, 0.15) is 0 Å². The van der Waals surface area contributed by atoms with Crippen molar-refractivity contribution in [2.75, 3.05) is 32.7 Å². The van der Waals surface area contributed by atoms with E-state index in [9.17, 15) is 31.5 Å². The zero-order valence-corrected chi connectivity index (χ0v) is 12.0. The zero-order chi connectivity index (χ0) is 18.7. The van der Waals surface area contributed by atoms with Crippen LogP contribution in [0.4, 0.5) is 26.7 Å². The molecule has 3 N–H and O–H groups in total. The lowest BCUT2D eigenvalue weighted by Gasteiger charge is -2.28. The van der Waals surface area contributed by atoms with Crippen LogP contribution in [0.25, 0.3) is 0 Å². The van der Waals surface area contributed by atoms with Gasteiger partial charge in [0.05, 0.1) is 12.6 Å². The highest BCUT2D eigenvalue weighted by Gasteiger charge is 2.47. The highest BCUT2D eigenvalue weighted by molar-refractivity contribution is 5.80. The molecule has 0 saturated carbocycles. The molecule has 0 unspecified atom stereocenters. The number of hydrogen-bond donors (Lipinski definition) is 3. The number of fused-ring (bicyclic) bond motifs is 1. The zero-order valence-electron chi connectivity index (χ0n) is 12.0. The van der Waals surface area contributed by atoms with Crippen LogP contribution in [0.15, 0.2) is 0 Å². The summed E-state index contributed by atoms with van der Waals surface area (Å²) < 4.78 is 57.8. The molecule has 2 rings (SSSR count). The van der Waals surface area contributed by atoms with Gasteiger partial charge in [0.2, 0.25) is 0 Å². The van der Waals surface area contributed by atoms with Crippen LogP contribution in [-0.2, 0) is 9.59 Å². The standard InChI is InChI=1S/C9H13F2N3O3.C2HF3O2/c10-9(11,7(15)16)5-13-4-6-3-12-1-2-14(6)8(13)17;3-2(4,5)1(6)7/h6,12H,1-5H2,(H,15,16);(H,6,7)/t6-;/m0./s1. The lowest BCUT2D eigenvalue weighted by atomic mass is 10.2. The minimum Gasteiger partial charge on any atom is -0.477 e. The maximum absolute atomic E-state index is 13.0. The van der Waals surface area contributed by atoms with Crippen molar-refractivity contribution in [3.05, 3.63) is 0 Å². The number of halogens is 5. The van der Waals surface area contributed by atoms with E-state index in [4.69, 9.17) is 15.0 Å². The molecule has 0 bridgehead atoms. The Morgan fingerprint density at radius 2 is 1.71 bits per heavy atom. The number of carbonyl (C=O) groups is 3. The maximum Gasteiger partial charge on any atom is 0.490 e. The summed E-state index contributed by atoms with van der Waals surface area (Å²) in [6, 6.07) is -0.640. The smallest absolute Gasteiger partial charge is 0.477 e. The Morgan fingerprint density at radius 3 is 2.12 bits per heavy atom. The number of aliphatic carboxylic acids is 2. The molecule has 0 aromatic rings. The molecule has 138 valence electrons. The molecule has 2 heterocycles. The van der Waals surface area contributed by atoms with E-state index in [-0.39, 0.29) is 12.6 Å². The van der Waals surface area contributed by atoms with Crippen molar-refractivity contribution in [3.8, 4) is 0 Å². The lowest BCUT2D eigenvalue weighted by molar-refractivity contribution is -0.192. The normalized spacial score (nSPS) is 21.0. The van der Waals surface area contributed by atoms with Gasteiger partial charge in [-0.05, 0) is 0 Å². The maximum atomic E-state index is 13.0. The monoisotopic (exact) mass is 363 g/mol. The molecule has 2 amide bonds. The topological polar surface area (TPSA) is 110 Å². The highest BCUT2D eigenvalue weighted by Crippen LogP contribution is 2.22. The molecule has 2 aliphatic heterocycles. The van der Waals surface area contributed by atoms with Crippen molar-refractivity contribution >= 4 is 18.0 Å². The van der Waals surface area contributed by atoms with Crippen molar-refractivity contribution < 1.29 is 46.5 Å². The van der Waals surface area contributed by atoms with Gasteiger partial charge in [0, 0.05) is 26.2 Å². The lowest BCUT2D eigenvalue weighted by Crippen LogP contribution is -2.50. The molecule has 0 spiro atoms. The van der Waals surface area contributed by atoms with Gasteiger partial charge >= 0.3 is 30.1 Å². The summed E-state index contributed by atoms with van der Waals surface area (Å²) in [4.78, 5) is 33.4. The summed E-state index contributed by atoms with van der Waals surface area (Å²) in [5.41, 5.74) is 0. The number of hydrogen-bond acceptors (Lipinski definition) is 4. The van der Waals surface area contributed by atoms with Gasteiger partial charge in [-0.1, -0.05) is 0 Å². The summed E-state index contributed by atoms with van der Waals surface area (Å²) in [5, 5.41) is 18.5. The Bertz CT molecular complexity index is 513. The Balaban J connectivity index is 0.000000351. The third kappa shape index (κ3) is 4.91. The number of nitrogens with zero attached hydrogens (tertiary/aromatic N) is 2. The predicted octanol–water partition coefficient (Wildman–Crippen LogP) is 0.0490. The fraction of sp³-hybridized carbons (Fsp3) is 0.727. The van der Waals surface area contributed by atoms with Gasteiger partial charge in [-0.25, -0.2) is 14.4 Å². The molecule has 2 saturated heterocycles. The van der Waals surface area contributed by atoms with Gasteiger partial charge in [-0.3, -0.25) is 0 Å². The van der Waals surface area contributed by atoms with Crippen molar-refractivity contribution in [3.63, 3.8) is 0 Å². The van der Waals surface area contributed by atoms with E-state index in [1.165, 1.54) is 4.90 Å². The molecule has 0 aromatic heterocycles. The molecule has 24 heavy (non-hydrogen) atoms. The molecule has 8 nitrogen and oxygen atoms in total. The largest absolute Gasteiger partial charge is 0.490 e. The summed E-state index contributed by atoms with van der Waals surface area (Å²) >= 11 is 0. The van der Waals surface area contributed by atoms with E-state index in [1.807, 2.05) is 0 Å². The molecule has 1 atom stereocenters. The van der Waals surface area contributed by atoms with Gasteiger partial charge in [0.25, 0.3) is 0 Å². The van der Waals surface area contributed by atoms with Crippen LogP contribution in [-0.4, -0.2) is 88.8 Å². The van der Waals surface area contributed by atoms with Crippen LogP contribution in [0, 0.1) is 0 Å². The predicted molar refractivity (Wildman–Crippen MR) is 66.6 cm³/mol. The molecule has 0 aromatic carbocycles. The van der Waals surface area contributed by atoms with Crippen LogP contribution < -0.4 is 5.32 Å². The number of carboxylic acid groups (broad SMARTS) is 2.